The summed E-state index contributed by atoms with van der Waals surface area (Å²) in [5.41, 5.74) is 0. The van der Waals surface area contributed by atoms with Crippen LogP contribution in [0.1, 0.15) is 20.3 Å². The topological polar surface area (TPSA) is 37.4 Å². The fourth-order valence-corrected chi connectivity index (χ4v) is 2.54. The van der Waals surface area contributed by atoms with Gasteiger partial charge in [0.1, 0.15) is 0 Å². The molecule has 0 bridgehead atoms. The summed E-state index contributed by atoms with van der Waals surface area (Å²) >= 11 is 5.37. The first kappa shape index (κ1) is 12.2. The standard InChI is InChI=1S/C7H16ClNO2S/c1-4-7(2)9(3)12(10,11)6-5-8/h7H,4-6H2,1-3H3. The number of alkyl halides is 1. The first-order valence-electron chi connectivity index (χ1n) is 3.97. The monoisotopic (exact) mass is 213 g/mol. The Balaban J connectivity index is 4.35. The normalized spacial score (nSPS) is 15.1. The zero-order valence-corrected chi connectivity index (χ0v) is 9.32. The highest BCUT2D eigenvalue weighted by Gasteiger charge is 2.20. The number of sulfonamides is 1. The fraction of sp³-hybridized carbons (Fsp3) is 1.00. The molecule has 0 rings (SSSR count). The van der Waals surface area contributed by atoms with Gasteiger partial charge >= 0.3 is 0 Å². The van der Waals surface area contributed by atoms with Crippen LogP contribution in [0.2, 0.25) is 0 Å². The summed E-state index contributed by atoms with van der Waals surface area (Å²) in [4.78, 5) is 0. The third-order valence-corrected chi connectivity index (χ3v) is 4.36. The predicted octanol–water partition coefficient (Wildman–Crippen LogP) is 1.29. The molecule has 0 heterocycles. The molecule has 0 aliphatic heterocycles. The van der Waals surface area contributed by atoms with Crippen molar-refractivity contribution < 1.29 is 8.42 Å². The minimum absolute atomic E-state index is 0.0232. The van der Waals surface area contributed by atoms with E-state index in [0.717, 1.165) is 6.42 Å². The van der Waals surface area contributed by atoms with E-state index < -0.39 is 10.0 Å². The van der Waals surface area contributed by atoms with Crippen LogP contribution in [0, 0.1) is 0 Å². The molecular weight excluding hydrogens is 198 g/mol. The average Bonchev–Trinajstić information content (AvgIpc) is 2.01. The number of hydrogen-bond donors (Lipinski definition) is 0. The van der Waals surface area contributed by atoms with Crippen LogP contribution in [0.3, 0.4) is 0 Å². The van der Waals surface area contributed by atoms with E-state index in [-0.39, 0.29) is 17.7 Å². The minimum Gasteiger partial charge on any atom is -0.212 e. The van der Waals surface area contributed by atoms with E-state index in [1.54, 1.807) is 7.05 Å². The summed E-state index contributed by atoms with van der Waals surface area (Å²) in [5, 5.41) is 0. The van der Waals surface area contributed by atoms with E-state index in [4.69, 9.17) is 11.6 Å². The fourth-order valence-electron chi connectivity index (χ4n) is 0.773. The summed E-state index contributed by atoms with van der Waals surface area (Å²) in [7, 11) is -1.53. The van der Waals surface area contributed by atoms with E-state index in [1.807, 2.05) is 13.8 Å². The van der Waals surface area contributed by atoms with E-state index in [2.05, 4.69) is 0 Å². The van der Waals surface area contributed by atoms with Gasteiger partial charge in [-0.2, -0.15) is 0 Å². The van der Waals surface area contributed by atoms with E-state index in [9.17, 15) is 8.42 Å². The largest absolute Gasteiger partial charge is 0.215 e. The summed E-state index contributed by atoms with van der Waals surface area (Å²) in [6.45, 7) is 3.84. The molecule has 1 unspecified atom stereocenters. The van der Waals surface area contributed by atoms with Gasteiger partial charge in [0.15, 0.2) is 0 Å². The highest BCUT2D eigenvalue weighted by Crippen LogP contribution is 2.07. The van der Waals surface area contributed by atoms with Crippen molar-refractivity contribution in [1.29, 1.82) is 0 Å². The molecule has 0 fully saturated rings. The quantitative estimate of drug-likeness (QED) is 0.646. The Morgan fingerprint density at radius 1 is 1.50 bits per heavy atom. The molecule has 0 aliphatic rings. The van der Waals surface area contributed by atoms with Gasteiger partial charge in [0, 0.05) is 19.0 Å². The minimum atomic E-state index is -3.12. The zero-order chi connectivity index (χ0) is 9.78. The Kier molecular flexibility index (Phi) is 5.13. The number of nitrogens with zero attached hydrogens (tertiary/aromatic N) is 1. The number of rotatable bonds is 5. The molecule has 5 heteroatoms. The maximum Gasteiger partial charge on any atom is 0.215 e. The van der Waals surface area contributed by atoms with Crippen molar-refractivity contribution in [3.8, 4) is 0 Å². The summed E-state index contributed by atoms with van der Waals surface area (Å²) in [5.74, 6) is 0.179. The average molecular weight is 214 g/mol. The van der Waals surface area contributed by atoms with Gasteiger partial charge in [0.05, 0.1) is 5.75 Å². The molecule has 0 saturated carbocycles. The van der Waals surface area contributed by atoms with Crippen LogP contribution in [0.15, 0.2) is 0 Å². The highest BCUT2D eigenvalue weighted by atomic mass is 35.5. The first-order valence-corrected chi connectivity index (χ1v) is 6.11. The summed E-state index contributed by atoms with van der Waals surface area (Å²) in [6, 6.07) is 0.0539. The molecular formula is C7H16ClNO2S. The molecule has 0 aromatic heterocycles. The van der Waals surface area contributed by atoms with Crippen molar-refractivity contribution in [2.24, 2.45) is 0 Å². The van der Waals surface area contributed by atoms with Gasteiger partial charge in [0.25, 0.3) is 0 Å². The molecule has 0 saturated heterocycles. The van der Waals surface area contributed by atoms with E-state index in [0.29, 0.717) is 0 Å². The lowest BCUT2D eigenvalue weighted by molar-refractivity contribution is 0.381. The second-order valence-corrected chi connectivity index (χ2v) is 5.30. The molecule has 0 aromatic rings. The van der Waals surface area contributed by atoms with E-state index in [1.165, 1.54) is 4.31 Å². The maximum absolute atomic E-state index is 11.4. The summed E-state index contributed by atoms with van der Waals surface area (Å²) < 4.78 is 24.1. The van der Waals surface area contributed by atoms with Crippen molar-refractivity contribution in [2.75, 3.05) is 18.7 Å². The Bertz CT molecular complexity index is 215. The molecule has 0 aliphatic carbocycles. The maximum atomic E-state index is 11.4. The van der Waals surface area contributed by atoms with Crippen molar-refractivity contribution in [1.82, 2.24) is 4.31 Å². The van der Waals surface area contributed by atoms with Gasteiger partial charge in [-0.25, -0.2) is 12.7 Å². The van der Waals surface area contributed by atoms with Crippen LogP contribution in [0.5, 0.6) is 0 Å². The molecule has 0 amide bonds. The molecule has 1 atom stereocenters. The zero-order valence-electron chi connectivity index (χ0n) is 7.75. The SMILES string of the molecule is CCC(C)N(C)S(=O)(=O)CCCl. The molecule has 0 N–H and O–H groups in total. The molecule has 3 nitrogen and oxygen atoms in total. The van der Waals surface area contributed by atoms with Gasteiger partial charge in [-0.15, -0.1) is 11.6 Å². The molecule has 0 radical (unpaired) electrons. The van der Waals surface area contributed by atoms with Crippen LogP contribution in [0.25, 0.3) is 0 Å². The number of halogens is 1. The smallest absolute Gasteiger partial charge is 0.212 e. The van der Waals surface area contributed by atoms with Crippen LogP contribution in [-0.4, -0.2) is 37.4 Å². The second-order valence-electron chi connectivity index (χ2n) is 2.78. The van der Waals surface area contributed by atoms with Crippen LogP contribution in [0.4, 0.5) is 0 Å². The van der Waals surface area contributed by atoms with Crippen LogP contribution >= 0.6 is 11.6 Å². The van der Waals surface area contributed by atoms with Gasteiger partial charge < -0.3 is 0 Å². The Morgan fingerprint density at radius 2 is 2.00 bits per heavy atom. The van der Waals surface area contributed by atoms with Crippen molar-refractivity contribution >= 4 is 21.6 Å². The van der Waals surface area contributed by atoms with Gasteiger partial charge in [-0.05, 0) is 13.3 Å². The lowest BCUT2D eigenvalue weighted by Gasteiger charge is -2.22. The Labute approximate surface area is 79.8 Å². The third kappa shape index (κ3) is 3.29. The van der Waals surface area contributed by atoms with Crippen molar-refractivity contribution in [2.45, 2.75) is 26.3 Å². The van der Waals surface area contributed by atoms with Crippen molar-refractivity contribution in [3.05, 3.63) is 0 Å². The third-order valence-electron chi connectivity index (χ3n) is 1.99. The Morgan fingerprint density at radius 3 is 2.33 bits per heavy atom. The first-order chi connectivity index (χ1) is 5.45. The van der Waals surface area contributed by atoms with Gasteiger partial charge in [-0.3, -0.25) is 0 Å². The van der Waals surface area contributed by atoms with Gasteiger partial charge in [0.2, 0.25) is 10.0 Å². The number of hydrogen-bond acceptors (Lipinski definition) is 2. The predicted molar refractivity (Wildman–Crippen MR) is 52.0 cm³/mol. The Hall–Kier alpha value is 0.200. The second kappa shape index (κ2) is 5.04. The van der Waals surface area contributed by atoms with Crippen molar-refractivity contribution in [3.63, 3.8) is 0 Å². The van der Waals surface area contributed by atoms with E-state index >= 15 is 0 Å². The van der Waals surface area contributed by atoms with Gasteiger partial charge in [-0.1, -0.05) is 6.92 Å². The lowest BCUT2D eigenvalue weighted by Crippen LogP contribution is -2.36. The van der Waals surface area contributed by atoms with Crippen LogP contribution in [-0.2, 0) is 10.0 Å². The molecule has 12 heavy (non-hydrogen) atoms. The van der Waals surface area contributed by atoms with Crippen LogP contribution < -0.4 is 0 Å². The summed E-state index contributed by atoms with van der Waals surface area (Å²) in [6.07, 6.45) is 0.817. The highest BCUT2D eigenvalue weighted by molar-refractivity contribution is 7.89. The lowest BCUT2D eigenvalue weighted by atomic mass is 10.3. The molecule has 0 spiro atoms. The molecule has 0 aromatic carbocycles. The molecule has 74 valence electrons.